The third-order valence-corrected chi connectivity index (χ3v) is 5.05. The van der Waals surface area contributed by atoms with Crippen molar-refractivity contribution in [2.24, 2.45) is 0 Å². The summed E-state index contributed by atoms with van der Waals surface area (Å²) >= 11 is 3.36. The van der Waals surface area contributed by atoms with Gasteiger partial charge in [0.15, 0.2) is 0 Å². The molecular weight excluding hydrogens is 430 g/mol. The molecule has 9 heteroatoms. The molecule has 5 amide bonds. The molecule has 0 radical (unpaired) electrons. The third-order valence-electron chi connectivity index (χ3n) is 4.52. The number of hydrogen-bond acceptors (Lipinski definition) is 5. The van der Waals surface area contributed by atoms with Gasteiger partial charge in [-0.1, -0.05) is 15.9 Å². The fraction of sp³-hybridized carbons (Fsp3) is 0.474. The van der Waals surface area contributed by atoms with Crippen LogP contribution in [-0.4, -0.2) is 58.5 Å². The van der Waals surface area contributed by atoms with Crippen LogP contribution in [-0.2, 0) is 14.3 Å². The molecule has 0 saturated carbocycles. The van der Waals surface area contributed by atoms with Crippen molar-refractivity contribution in [3.05, 3.63) is 28.7 Å². The summed E-state index contributed by atoms with van der Waals surface area (Å²) < 4.78 is 6.08. The van der Waals surface area contributed by atoms with E-state index in [0.717, 1.165) is 10.2 Å². The van der Waals surface area contributed by atoms with E-state index in [1.807, 2.05) is 24.3 Å². The van der Waals surface area contributed by atoms with Gasteiger partial charge in [0.1, 0.15) is 11.6 Å². The lowest BCUT2D eigenvalue weighted by Crippen LogP contribution is -2.57. The highest BCUT2D eigenvalue weighted by molar-refractivity contribution is 9.10. The molecule has 0 aliphatic carbocycles. The minimum Gasteiger partial charge on any atom is -0.443 e. The molecule has 0 aromatic heterocycles. The predicted octanol–water partition coefficient (Wildman–Crippen LogP) is 3.14. The predicted molar refractivity (Wildman–Crippen MR) is 105 cm³/mol. The van der Waals surface area contributed by atoms with E-state index in [9.17, 15) is 19.2 Å². The van der Waals surface area contributed by atoms with Crippen molar-refractivity contribution in [3.8, 4) is 0 Å². The molecule has 3 rings (SSSR count). The Hall–Kier alpha value is -2.42. The van der Waals surface area contributed by atoms with E-state index in [1.165, 1.54) is 4.90 Å². The zero-order chi connectivity index (χ0) is 20.6. The monoisotopic (exact) mass is 451 g/mol. The van der Waals surface area contributed by atoms with Crippen LogP contribution in [0.15, 0.2) is 28.7 Å². The Morgan fingerprint density at radius 1 is 1.11 bits per heavy atom. The number of carbonyl (C=O) groups excluding carboxylic acids is 4. The number of anilines is 1. The largest absolute Gasteiger partial charge is 0.443 e. The van der Waals surface area contributed by atoms with Crippen molar-refractivity contribution in [2.75, 3.05) is 18.0 Å². The quantitative estimate of drug-likeness (QED) is 0.644. The second-order valence-electron chi connectivity index (χ2n) is 7.71. The molecule has 1 aromatic rings. The number of hydrogen-bond donors (Lipinski definition) is 0. The molecule has 0 spiro atoms. The van der Waals surface area contributed by atoms with Crippen molar-refractivity contribution in [1.82, 2.24) is 9.80 Å². The van der Waals surface area contributed by atoms with Crippen molar-refractivity contribution in [3.63, 3.8) is 0 Å². The zero-order valence-corrected chi connectivity index (χ0v) is 17.6. The number of imide groups is 3. The lowest BCUT2D eigenvalue weighted by molar-refractivity contribution is -0.150. The van der Waals surface area contributed by atoms with Gasteiger partial charge in [-0.05, 0) is 51.5 Å². The van der Waals surface area contributed by atoms with Gasteiger partial charge in [-0.15, -0.1) is 0 Å². The molecule has 1 unspecified atom stereocenters. The number of amides is 5. The van der Waals surface area contributed by atoms with Crippen molar-refractivity contribution in [1.29, 1.82) is 0 Å². The number of likely N-dealkylation sites (tertiary alicyclic amines) is 1. The van der Waals surface area contributed by atoms with Crippen LogP contribution in [0.2, 0.25) is 0 Å². The molecule has 150 valence electrons. The number of rotatable bonds is 2. The summed E-state index contributed by atoms with van der Waals surface area (Å²) in [6.07, 6.45) is -0.808. The average molecular weight is 452 g/mol. The van der Waals surface area contributed by atoms with Gasteiger partial charge in [0, 0.05) is 29.7 Å². The molecule has 2 heterocycles. The number of nitrogens with zero attached hydrogens (tertiary/aromatic N) is 3. The van der Waals surface area contributed by atoms with Gasteiger partial charge in [-0.3, -0.25) is 14.5 Å². The Labute approximate surface area is 171 Å². The second kappa shape index (κ2) is 7.54. The van der Waals surface area contributed by atoms with Gasteiger partial charge < -0.3 is 9.64 Å². The van der Waals surface area contributed by atoms with Crippen LogP contribution in [0.1, 0.15) is 33.6 Å². The van der Waals surface area contributed by atoms with Gasteiger partial charge in [0.25, 0.3) is 5.91 Å². The third kappa shape index (κ3) is 4.04. The van der Waals surface area contributed by atoms with Gasteiger partial charge in [-0.25, -0.2) is 9.59 Å². The van der Waals surface area contributed by atoms with E-state index in [0.29, 0.717) is 18.0 Å². The second-order valence-corrected chi connectivity index (χ2v) is 8.62. The van der Waals surface area contributed by atoms with Gasteiger partial charge in [0.2, 0.25) is 5.91 Å². The molecule has 0 bridgehead atoms. The molecule has 1 aromatic carbocycles. The van der Waals surface area contributed by atoms with Crippen LogP contribution < -0.4 is 4.90 Å². The van der Waals surface area contributed by atoms with Crippen LogP contribution in [0.5, 0.6) is 0 Å². The van der Waals surface area contributed by atoms with Crippen molar-refractivity contribution in [2.45, 2.75) is 45.3 Å². The topological polar surface area (TPSA) is 87.2 Å². The fourth-order valence-electron chi connectivity index (χ4n) is 3.26. The molecular formula is C19H22BrN3O5. The maximum absolute atomic E-state index is 12.9. The van der Waals surface area contributed by atoms with E-state index < -0.39 is 29.6 Å². The Morgan fingerprint density at radius 3 is 2.36 bits per heavy atom. The summed E-state index contributed by atoms with van der Waals surface area (Å²) in [4.78, 5) is 53.8. The summed E-state index contributed by atoms with van der Waals surface area (Å²) in [5.74, 6) is -1.32. The first-order chi connectivity index (χ1) is 13.1. The molecule has 2 aliphatic heterocycles. The first kappa shape index (κ1) is 20.3. The Balaban J connectivity index is 1.77. The number of benzene rings is 1. The standard InChI is InChI=1S/C19H22BrN3O5/c1-19(2,3)28-18(27)23-15(24)9-8-14(16(23)25)22-11-10-21(17(22)26)13-6-4-12(20)5-7-13/h4-7,14H,8-11H2,1-3H3. The Bertz CT molecular complexity index is 818. The summed E-state index contributed by atoms with van der Waals surface area (Å²) in [6, 6.07) is 6.10. The van der Waals surface area contributed by atoms with Gasteiger partial charge in [-0.2, -0.15) is 4.90 Å². The number of urea groups is 1. The number of ether oxygens (including phenoxy) is 1. The Morgan fingerprint density at radius 2 is 1.75 bits per heavy atom. The van der Waals surface area contributed by atoms with E-state index >= 15 is 0 Å². The smallest absolute Gasteiger partial charge is 0.424 e. The highest BCUT2D eigenvalue weighted by Crippen LogP contribution is 2.28. The van der Waals surface area contributed by atoms with Crippen LogP contribution in [0, 0.1) is 0 Å². The van der Waals surface area contributed by atoms with E-state index in [-0.39, 0.29) is 18.9 Å². The summed E-state index contributed by atoms with van der Waals surface area (Å²) in [5.41, 5.74) is -0.120. The molecule has 0 N–H and O–H groups in total. The molecule has 8 nitrogen and oxygen atoms in total. The Kier molecular flexibility index (Phi) is 5.47. The first-order valence-electron chi connectivity index (χ1n) is 9.02. The van der Waals surface area contributed by atoms with E-state index in [1.54, 1.807) is 25.7 Å². The minimum atomic E-state index is -0.997. The summed E-state index contributed by atoms with van der Waals surface area (Å²) in [6.45, 7) is 5.72. The highest BCUT2D eigenvalue weighted by Gasteiger charge is 2.46. The van der Waals surface area contributed by atoms with Crippen LogP contribution in [0.25, 0.3) is 0 Å². The number of piperidine rings is 1. The SMILES string of the molecule is CC(C)(C)OC(=O)N1C(=O)CCC(N2CCN(c3ccc(Br)cc3)C2=O)C1=O. The average Bonchev–Trinajstić information content (AvgIpc) is 2.96. The lowest BCUT2D eigenvalue weighted by atomic mass is 10.0. The lowest BCUT2D eigenvalue weighted by Gasteiger charge is -2.34. The maximum Gasteiger partial charge on any atom is 0.424 e. The van der Waals surface area contributed by atoms with Crippen LogP contribution in [0.3, 0.4) is 0 Å². The summed E-state index contributed by atoms with van der Waals surface area (Å²) in [7, 11) is 0. The first-order valence-corrected chi connectivity index (χ1v) is 9.81. The van der Waals surface area contributed by atoms with Gasteiger partial charge in [0.05, 0.1) is 0 Å². The van der Waals surface area contributed by atoms with E-state index in [2.05, 4.69) is 15.9 Å². The zero-order valence-electron chi connectivity index (χ0n) is 16.0. The van der Waals surface area contributed by atoms with Gasteiger partial charge >= 0.3 is 12.1 Å². The highest BCUT2D eigenvalue weighted by atomic mass is 79.9. The fourth-order valence-corrected chi connectivity index (χ4v) is 3.52. The molecule has 1 atom stereocenters. The molecule has 28 heavy (non-hydrogen) atoms. The summed E-state index contributed by atoms with van der Waals surface area (Å²) in [5, 5.41) is 0. The molecule has 2 fully saturated rings. The van der Waals surface area contributed by atoms with E-state index in [4.69, 9.17) is 4.74 Å². The van der Waals surface area contributed by atoms with Crippen LogP contribution >= 0.6 is 15.9 Å². The molecule has 2 aliphatic rings. The minimum absolute atomic E-state index is 0.00227. The number of halogens is 1. The van der Waals surface area contributed by atoms with Crippen molar-refractivity contribution < 1.29 is 23.9 Å². The van der Waals surface area contributed by atoms with Crippen molar-refractivity contribution >= 4 is 45.6 Å². The number of carbonyl (C=O) groups is 4. The molecule has 2 saturated heterocycles. The van der Waals surface area contributed by atoms with Crippen LogP contribution in [0.4, 0.5) is 15.3 Å². The normalized spacial score (nSPS) is 20.8. The maximum atomic E-state index is 12.9.